The quantitative estimate of drug-likeness (QED) is 0.770. The minimum Gasteiger partial charge on any atom is -0.469 e. The molecule has 0 aromatic heterocycles. The molecule has 1 rings (SSSR count). The summed E-state index contributed by atoms with van der Waals surface area (Å²) in [6.45, 7) is 4.62. The minimum absolute atomic E-state index is 0.129. The molecule has 0 aliphatic heterocycles. The molecular formula is C14H21NO2. The molecule has 0 fully saturated rings. The van der Waals surface area contributed by atoms with Crippen molar-refractivity contribution in [3.8, 4) is 0 Å². The van der Waals surface area contributed by atoms with Gasteiger partial charge < -0.3 is 10.1 Å². The van der Waals surface area contributed by atoms with Crippen LogP contribution in [0, 0.1) is 5.92 Å². The molecule has 1 unspecified atom stereocenters. The number of nitrogens with one attached hydrogen (secondary N) is 1. The van der Waals surface area contributed by atoms with Crippen LogP contribution in [0.25, 0.3) is 0 Å². The van der Waals surface area contributed by atoms with E-state index >= 15 is 0 Å². The third-order valence-corrected chi connectivity index (χ3v) is 2.71. The van der Waals surface area contributed by atoms with E-state index in [1.807, 2.05) is 6.92 Å². The fourth-order valence-electron chi connectivity index (χ4n) is 1.63. The fourth-order valence-corrected chi connectivity index (χ4v) is 1.63. The number of benzene rings is 1. The lowest BCUT2D eigenvalue weighted by molar-refractivity contribution is -0.144. The number of carbonyl (C=O) groups excluding carboxylic acids is 1. The molecule has 94 valence electrons. The highest BCUT2D eigenvalue weighted by molar-refractivity contribution is 5.72. The second-order valence-electron chi connectivity index (χ2n) is 4.25. The highest BCUT2D eigenvalue weighted by Gasteiger charge is 2.11. The van der Waals surface area contributed by atoms with E-state index in [1.54, 1.807) is 0 Å². The summed E-state index contributed by atoms with van der Waals surface area (Å²) in [6, 6.07) is 8.34. The van der Waals surface area contributed by atoms with Crippen molar-refractivity contribution in [2.24, 2.45) is 5.92 Å². The van der Waals surface area contributed by atoms with Gasteiger partial charge in [0.15, 0.2) is 0 Å². The molecule has 0 heterocycles. The summed E-state index contributed by atoms with van der Waals surface area (Å²) in [5.74, 6) is -0.310. The number of aryl methyl sites for hydroxylation is 1. The van der Waals surface area contributed by atoms with Crippen LogP contribution in [-0.2, 0) is 16.0 Å². The van der Waals surface area contributed by atoms with E-state index in [2.05, 4.69) is 41.2 Å². The van der Waals surface area contributed by atoms with E-state index in [1.165, 1.54) is 12.7 Å². The van der Waals surface area contributed by atoms with Crippen LogP contribution in [0.15, 0.2) is 24.3 Å². The third-order valence-electron chi connectivity index (χ3n) is 2.71. The van der Waals surface area contributed by atoms with Gasteiger partial charge in [0.2, 0.25) is 0 Å². The summed E-state index contributed by atoms with van der Waals surface area (Å²) in [5, 5.41) is 3.23. The van der Waals surface area contributed by atoms with Gasteiger partial charge in [-0.3, -0.25) is 4.79 Å². The highest BCUT2D eigenvalue weighted by atomic mass is 16.5. The number of carbonyl (C=O) groups is 1. The number of anilines is 1. The lowest BCUT2D eigenvalue weighted by atomic mass is 10.1. The molecule has 0 amide bonds. The van der Waals surface area contributed by atoms with E-state index in [4.69, 9.17) is 0 Å². The Morgan fingerprint density at radius 2 is 2.00 bits per heavy atom. The molecule has 3 heteroatoms. The number of hydrogen-bond acceptors (Lipinski definition) is 3. The zero-order valence-electron chi connectivity index (χ0n) is 10.8. The Hall–Kier alpha value is -1.51. The van der Waals surface area contributed by atoms with Gasteiger partial charge in [0.25, 0.3) is 0 Å². The van der Waals surface area contributed by atoms with Crippen LogP contribution in [0.1, 0.15) is 25.8 Å². The Morgan fingerprint density at radius 3 is 2.53 bits per heavy atom. The SMILES string of the molecule is CCCc1ccc(NCC(C)C(=O)OC)cc1. The van der Waals surface area contributed by atoms with Gasteiger partial charge in [-0.15, -0.1) is 0 Å². The first-order chi connectivity index (χ1) is 8.17. The van der Waals surface area contributed by atoms with E-state index < -0.39 is 0 Å². The smallest absolute Gasteiger partial charge is 0.310 e. The van der Waals surface area contributed by atoms with Gasteiger partial charge in [-0.1, -0.05) is 32.4 Å². The molecular weight excluding hydrogens is 214 g/mol. The topological polar surface area (TPSA) is 38.3 Å². The standard InChI is InChI=1S/C14H21NO2/c1-4-5-12-6-8-13(9-7-12)15-10-11(2)14(16)17-3/h6-9,11,15H,4-5,10H2,1-3H3. The maximum atomic E-state index is 11.2. The second kappa shape index (κ2) is 6.94. The summed E-state index contributed by atoms with van der Waals surface area (Å²) in [5.41, 5.74) is 2.39. The van der Waals surface area contributed by atoms with Gasteiger partial charge in [0, 0.05) is 12.2 Å². The molecule has 3 nitrogen and oxygen atoms in total. The van der Waals surface area contributed by atoms with Crippen molar-refractivity contribution in [1.82, 2.24) is 0 Å². The van der Waals surface area contributed by atoms with Gasteiger partial charge in [-0.2, -0.15) is 0 Å². The van der Waals surface area contributed by atoms with E-state index in [-0.39, 0.29) is 11.9 Å². The van der Waals surface area contributed by atoms with Gasteiger partial charge in [0.1, 0.15) is 0 Å². The first-order valence-corrected chi connectivity index (χ1v) is 6.08. The van der Waals surface area contributed by atoms with Crippen molar-refractivity contribution in [3.05, 3.63) is 29.8 Å². The molecule has 0 aliphatic carbocycles. The molecule has 1 atom stereocenters. The van der Waals surface area contributed by atoms with E-state index in [0.29, 0.717) is 6.54 Å². The second-order valence-corrected chi connectivity index (χ2v) is 4.25. The van der Waals surface area contributed by atoms with Gasteiger partial charge in [0.05, 0.1) is 13.0 Å². The molecule has 1 N–H and O–H groups in total. The lowest BCUT2D eigenvalue weighted by Crippen LogP contribution is -2.21. The van der Waals surface area contributed by atoms with Crippen LogP contribution in [0.5, 0.6) is 0 Å². The average Bonchev–Trinajstić information content (AvgIpc) is 2.37. The summed E-state index contributed by atoms with van der Waals surface area (Å²) in [4.78, 5) is 11.2. The first kappa shape index (κ1) is 13.6. The molecule has 1 aromatic carbocycles. The van der Waals surface area contributed by atoms with Crippen molar-refractivity contribution in [2.75, 3.05) is 19.0 Å². The zero-order valence-corrected chi connectivity index (χ0v) is 10.8. The Balaban J connectivity index is 2.44. The number of rotatable bonds is 6. The maximum Gasteiger partial charge on any atom is 0.310 e. The monoisotopic (exact) mass is 235 g/mol. The predicted octanol–water partition coefficient (Wildman–Crippen LogP) is 2.86. The molecule has 0 saturated heterocycles. The number of hydrogen-bond donors (Lipinski definition) is 1. The van der Waals surface area contributed by atoms with Gasteiger partial charge >= 0.3 is 5.97 Å². The minimum atomic E-state index is -0.180. The summed E-state index contributed by atoms with van der Waals surface area (Å²) < 4.78 is 4.67. The normalized spacial score (nSPS) is 11.9. The first-order valence-electron chi connectivity index (χ1n) is 6.08. The lowest BCUT2D eigenvalue weighted by Gasteiger charge is -2.11. The molecule has 0 radical (unpaired) electrons. The summed E-state index contributed by atoms with van der Waals surface area (Å²) in [6.07, 6.45) is 2.27. The third kappa shape index (κ3) is 4.47. The highest BCUT2D eigenvalue weighted by Crippen LogP contribution is 2.11. The van der Waals surface area contributed by atoms with Crippen LogP contribution in [-0.4, -0.2) is 19.6 Å². The Labute approximate surface area is 103 Å². The van der Waals surface area contributed by atoms with Crippen molar-refractivity contribution in [3.63, 3.8) is 0 Å². The Kier molecular flexibility index (Phi) is 5.53. The maximum absolute atomic E-state index is 11.2. The summed E-state index contributed by atoms with van der Waals surface area (Å²) in [7, 11) is 1.42. The fraction of sp³-hybridized carbons (Fsp3) is 0.500. The van der Waals surface area contributed by atoms with Crippen LogP contribution >= 0.6 is 0 Å². The van der Waals surface area contributed by atoms with Crippen LogP contribution in [0.3, 0.4) is 0 Å². The Bertz CT molecular complexity index is 346. The largest absolute Gasteiger partial charge is 0.469 e. The average molecular weight is 235 g/mol. The predicted molar refractivity (Wildman–Crippen MR) is 70.1 cm³/mol. The van der Waals surface area contributed by atoms with E-state index in [0.717, 1.165) is 18.5 Å². The van der Waals surface area contributed by atoms with E-state index in [9.17, 15) is 4.79 Å². The van der Waals surface area contributed by atoms with Crippen LogP contribution in [0.4, 0.5) is 5.69 Å². The molecule has 1 aromatic rings. The molecule has 0 bridgehead atoms. The van der Waals surface area contributed by atoms with Crippen LogP contribution < -0.4 is 5.32 Å². The van der Waals surface area contributed by atoms with Crippen molar-refractivity contribution < 1.29 is 9.53 Å². The molecule has 17 heavy (non-hydrogen) atoms. The number of esters is 1. The molecule has 0 spiro atoms. The number of ether oxygens (including phenoxy) is 1. The summed E-state index contributed by atoms with van der Waals surface area (Å²) >= 11 is 0. The number of methoxy groups -OCH3 is 1. The van der Waals surface area contributed by atoms with Gasteiger partial charge in [-0.25, -0.2) is 0 Å². The van der Waals surface area contributed by atoms with Crippen LogP contribution in [0.2, 0.25) is 0 Å². The van der Waals surface area contributed by atoms with Crippen molar-refractivity contribution >= 4 is 11.7 Å². The Morgan fingerprint density at radius 1 is 1.35 bits per heavy atom. The molecule has 0 aliphatic rings. The van der Waals surface area contributed by atoms with Gasteiger partial charge in [-0.05, 0) is 24.1 Å². The zero-order chi connectivity index (χ0) is 12.7. The molecule has 0 saturated carbocycles. The van der Waals surface area contributed by atoms with Crippen molar-refractivity contribution in [1.29, 1.82) is 0 Å². The van der Waals surface area contributed by atoms with Crippen molar-refractivity contribution in [2.45, 2.75) is 26.7 Å².